The highest BCUT2D eigenvalue weighted by Gasteiger charge is 2.27. The lowest BCUT2D eigenvalue weighted by molar-refractivity contribution is 0.102. The number of pyridine rings is 2. The van der Waals surface area contributed by atoms with Crippen LogP contribution >= 0.6 is 0 Å². The summed E-state index contributed by atoms with van der Waals surface area (Å²) >= 11 is 0. The van der Waals surface area contributed by atoms with Crippen molar-refractivity contribution in [3.8, 4) is 17.3 Å². The predicted molar refractivity (Wildman–Crippen MR) is 126 cm³/mol. The summed E-state index contributed by atoms with van der Waals surface area (Å²) in [5.41, 5.74) is 2.64. The van der Waals surface area contributed by atoms with E-state index in [9.17, 15) is 4.79 Å². The molecule has 0 saturated heterocycles. The van der Waals surface area contributed by atoms with Gasteiger partial charge in [-0.15, -0.1) is 10.2 Å². The summed E-state index contributed by atoms with van der Waals surface area (Å²) in [5, 5.41) is 11.1. The molecule has 6 rings (SSSR count). The zero-order chi connectivity index (χ0) is 23.2. The van der Waals surface area contributed by atoms with E-state index in [1.54, 1.807) is 18.7 Å². The third-order valence-electron chi connectivity index (χ3n) is 5.91. The lowest BCUT2D eigenvalue weighted by atomic mass is 10.3. The number of fused-ring (bicyclic) bond motifs is 1. The van der Waals surface area contributed by atoms with Crippen molar-refractivity contribution in [1.82, 2.24) is 38.7 Å². The van der Waals surface area contributed by atoms with Crippen LogP contribution < -0.4 is 5.32 Å². The minimum atomic E-state index is -0.352. The third-order valence-corrected chi connectivity index (χ3v) is 5.91. The molecule has 34 heavy (non-hydrogen) atoms. The van der Waals surface area contributed by atoms with Crippen LogP contribution in [0, 0.1) is 0 Å². The number of nitrogens with zero attached hydrogens (tertiary/aromatic N) is 8. The standard InChI is InChI=1S/C24H23N9O/c1-15(2)33-14-26-30-22(33)17-6-5-7-19(27-17)28-23(34)21-24(32-11-4-3-8-20(32)29-21)31-12-18(25-13-31)16-9-10-16/h3-8,11-16H,9-10H2,1-2H3,(H,27,28,34). The van der Waals surface area contributed by atoms with E-state index < -0.39 is 0 Å². The highest BCUT2D eigenvalue weighted by Crippen LogP contribution is 2.39. The van der Waals surface area contributed by atoms with E-state index in [1.807, 2.05) is 70.1 Å². The molecule has 0 radical (unpaired) electrons. The molecule has 0 aliphatic heterocycles. The molecular formula is C24H23N9O. The number of carbonyl (C=O) groups is 1. The smallest absolute Gasteiger partial charge is 0.279 e. The summed E-state index contributed by atoms with van der Waals surface area (Å²) < 4.78 is 5.70. The molecule has 1 saturated carbocycles. The topological polar surface area (TPSA) is 108 Å². The maximum atomic E-state index is 13.4. The number of carbonyl (C=O) groups excluding carboxylic acids is 1. The number of anilines is 1. The van der Waals surface area contributed by atoms with Gasteiger partial charge in [-0.2, -0.15) is 0 Å². The molecule has 1 aliphatic carbocycles. The zero-order valence-electron chi connectivity index (χ0n) is 18.8. The van der Waals surface area contributed by atoms with Gasteiger partial charge in [-0.05, 0) is 51.0 Å². The molecule has 1 amide bonds. The van der Waals surface area contributed by atoms with Crippen LogP contribution in [0.5, 0.6) is 0 Å². The average Bonchev–Trinajstić information content (AvgIpc) is 3.25. The Hall–Kier alpha value is -4.34. The van der Waals surface area contributed by atoms with Crippen molar-refractivity contribution < 1.29 is 4.79 Å². The van der Waals surface area contributed by atoms with Gasteiger partial charge in [0.05, 0.1) is 5.69 Å². The highest BCUT2D eigenvalue weighted by molar-refractivity contribution is 6.05. The van der Waals surface area contributed by atoms with E-state index >= 15 is 0 Å². The van der Waals surface area contributed by atoms with Gasteiger partial charge in [-0.25, -0.2) is 15.0 Å². The van der Waals surface area contributed by atoms with Crippen molar-refractivity contribution in [3.05, 3.63) is 72.8 Å². The second-order valence-corrected chi connectivity index (χ2v) is 8.71. The molecule has 0 aromatic carbocycles. The normalized spacial score (nSPS) is 13.6. The first kappa shape index (κ1) is 20.3. The summed E-state index contributed by atoms with van der Waals surface area (Å²) in [6, 6.07) is 11.3. The van der Waals surface area contributed by atoms with E-state index in [0.717, 1.165) is 18.5 Å². The predicted octanol–water partition coefficient (Wildman–Crippen LogP) is 3.88. The van der Waals surface area contributed by atoms with Gasteiger partial charge in [0.2, 0.25) is 0 Å². The molecule has 0 unspecified atom stereocenters. The van der Waals surface area contributed by atoms with Gasteiger partial charge in [-0.1, -0.05) is 12.1 Å². The summed E-state index contributed by atoms with van der Waals surface area (Å²) in [6.45, 7) is 4.10. The molecule has 1 N–H and O–H groups in total. The van der Waals surface area contributed by atoms with Gasteiger partial charge in [0.25, 0.3) is 5.91 Å². The second kappa shape index (κ2) is 7.91. The number of hydrogen-bond donors (Lipinski definition) is 1. The number of hydrogen-bond acceptors (Lipinski definition) is 6. The largest absolute Gasteiger partial charge is 0.310 e. The fraction of sp³-hybridized carbons (Fsp3) is 0.250. The molecule has 5 aromatic heterocycles. The summed E-state index contributed by atoms with van der Waals surface area (Å²) in [4.78, 5) is 27.2. The zero-order valence-corrected chi connectivity index (χ0v) is 18.8. The lowest BCUT2D eigenvalue weighted by Crippen LogP contribution is -2.16. The van der Waals surface area contributed by atoms with E-state index in [4.69, 9.17) is 0 Å². The van der Waals surface area contributed by atoms with Crippen molar-refractivity contribution in [1.29, 1.82) is 0 Å². The van der Waals surface area contributed by atoms with Gasteiger partial charge in [0.15, 0.2) is 17.3 Å². The summed E-state index contributed by atoms with van der Waals surface area (Å²) in [7, 11) is 0. The Morgan fingerprint density at radius 1 is 1.09 bits per heavy atom. The minimum absolute atomic E-state index is 0.182. The number of amides is 1. The Kier molecular flexibility index (Phi) is 4.72. The van der Waals surface area contributed by atoms with E-state index in [2.05, 4.69) is 30.5 Å². The maximum Gasteiger partial charge on any atom is 0.279 e. The van der Waals surface area contributed by atoms with Crippen LogP contribution in [0.15, 0.2) is 61.4 Å². The number of imidazole rings is 2. The second-order valence-electron chi connectivity index (χ2n) is 8.71. The molecule has 0 spiro atoms. The van der Waals surface area contributed by atoms with Crippen LogP contribution in [0.3, 0.4) is 0 Å². The Balaban J connectivity index is 1.36. The quantitative estimate of drug-likeness (QED) is 0.418. The summed E-state index contributed by atoms with van der Waals surface area (Å²) in [5.74, 6) is 1.86. The van der Waals surface area contributed by atoms with Crippen LogP contribution in [-0.2, 0) is 0 Å². The van der Waals surface area contributed by atoms with Gasteiger partial charge in [0.1, 0.15) is 29.8 Å². The lowest BCUT2D eigenvalue weighted by Gasteiger charge is -2.10. The molecule has 0 bridgehead atoms. The first-order chi connectivity index (χ1) is 16.6. The minimum Gasteiger partial charge on any atom is -0.310 e. The average molecular weight is 454 g/mol. The Morgan fingerprint density at radius 3 is 2.79 bits per heavy atom. The van der Waals surface area contributed by atoms with E-state index in [0.29, 0.717) is 40.4 Å². The molecule has 1 aliphatic rings. The molecule has 10 heteroatoms. The van der Waals surface area contributed by atoms with Crippen LogP contribution in [0.2, 0.25) is 0 Å². The summed E-state index contributed by atoms with van der Waals surface area (Å²) in [6.07, 6.45) is 9.62. The first-order valence-corrected chi connectivity index (χ1v) is 11.3. The van der Waals surface area contributed by atoms with Crippen molar-refractivity contribution >= 4 is 17.4 Å². The van der Waals surface area contributed by atoms with Crippen molar-refractivity contribution in [2.24, 2.45) is 0 Å². The van der Waals surface area contributed by atoms with Gasteiger partial charge in [-0.3, -0.25) is 13.8 Å². The first-order valence-electron chi connectivity index (χ1n) is 11.3. The van der Waals surface area contributed by atoms with Crippen LogP contribution in [-0.4, -0.2) is 44.6 Å². The Morgan fingerprint density at radius 2 is 1.97 bits per heavy atom. The van der Waals surface area contributed by atoms with Crippen molar-refractivity contribution in [2.45, 2.75) is 38.6 Å². The van der Waals surface area contributed by atoms with Crippen LogP contribution in [0.4, 0.5) is 5.82 Å². The molecular weight excluding hydrogens is 430 g/mol. The molecule has 0 atom stereocenters. The number of aromatic nitrogens is 8. The van der Waals surface area contributed by atoms with Crippen LogP contribution in [0.25, 0.3) is 23.0 Å². The van der Waals surface area contributed by atoms with E-state index in [1.165, 1.54) is 0 Å². The van der Waals surface area contributed by atoms with Crippen molar-refractivity contribution in [3.63, 3.8) is 0 Å². The highest BCUT2D eigenvalue weighted by atomic mass is 16.2. The number of rotatable bonds is 6. The van der Waals surface area contributed by atoms with Gasteiger partial charge in [0, 0.05) is 24.4 Å². The fourth-order valence-corrected chi connectivity index (χ4v) is 4.03. The SMILES string of the molecule is CC(C)n1cnnc1-c1cccc(NC(=O)c2nc3ccccn3c2-n2cnc(C3CC3)c2)n1. The van der Waals surface area contributed by atoms with Crippen LogP contribution in [0.1, 0.15) is 54.8 Å². The van der Waals surface area contributed by atoms with Crippen molar-refractivity contribution in [2.75, 3.05) is 5.32 Å². The molecule has 1 fully saturated rings. The molecule has 5 heterocycles. The Labute approximate surface area is 195 Å². The number of nitrogens with one attached hydrogen (secondary N) is 1. The molecule has 10 nitrogen and oxygen atoms in total. The Bertz CT molecular complexity index is 1510. The molecule has 170 valence electrons. The maximum absolute atomic E-state index is 13.4. The molecule has 5 aromatic rings. The monoisotopic (exact) mass is 453 g/mol. The third kappa shape index (κ3) is 3.53. The fourth-order valence-electron chi connectivity index (χ4n) is 4.03. The van der Waals surface area contributed by atoms with E-state index in [-0.39, 0.29) is 11.9 Å². The van der Waals surface area contributed by atoms with Gasteiger partial charge >= 0.3 is 0 Å². The van der Waals surface area contributed by atoms with Gasteiger partial charge < -0.3 is 9.88 Å².